The summed E-state index contributed by atoms with van der Waals surface area (Å²) >= 11 is 0. The summed E-state index contributed by atoms with van der Waals surface area (Å²) < 4.78 is 11.2. The molecule has 0 spiro atoms. The molecule has 0 aliphatic rings. The molecular weight excluding hydrogens is 376 g/mol. The lowest BCUT2D eigenvalue weighted by atomic mass is 10.1. The second kappa shape index (κ2) is 11.8. The van der Waals surface area contributed by atoms with E-state index in [2.05, 4.69) is 0 Å². The van der Waals surface area contributed by atoms with Gasteiger partial charge in [0.1, 0.15) is 60.1 Å². The summed E-state index contributed by atoms with van der Waals surface area (Å²) in [4.78, 5) is 0. The van der Waals surface area contributed by atoms with Crippen LogP contribution in [0.25, 0.3) is 12.2 Å². The predicted molar refractivity (Wildman–Crippen MR) is 111 cm³/mol. The van der Waals surface area contributed by atoms with Crippen molar-refractivity contribution in [3.05, 3.63) is 83.0 Å². The summed E-state index contributed by atoms with van der Waals surface area (Å²) in [6.45, 7) is 0.740. The number of ether oxygens (including phenoxy) is 2. The van der Waals surface area contributed by atoms with Crippen molar-refractivity contribution in [1.82, 2.24) is 0 Å². The third kappa shape index (κ3) is 7.09. The Morgan fingerprint density at radius 2 is 0.933 bits per heavy atom. The van der Waals surface area contributed by atoms with Crippen LogP contribution in [-0.4, -0.2) is 13.2 Å². The Hall–Kier alpha value is -4.78. The minimum absolute atomic E-state index is 0.0480. The molecule has 144 valence electrons. The fraction of sp³-hybridized carbons (Fsp3) is 0.0833. The highest BCUT2D eigenvalue weighted by molar-refractivity contribution is 5.63. The van der Waals surface area contributed by atoms with Gasteiger partial charge in [-0.2, -0.15) is 21.0 Å². The molecule has 0 saturated heterocycles. The van der Waals surface area contributed by atoms with Crippen LogP contribution in [-0.2, 0) is 0 Å². The number of hydrogen-bond donors (Lipinski definition) is 0. The first-order chi connectivity index (χ1) is 14.7. The van der Waals surface area contributed by atoms with Crippen LogP contribution in [0.4, 0.5) is 0 Å². The monoisotopic (exact) mass is 392 g/mol. The van der Waals surface area contributed by atoms with Crippen LogP contribution in [0.3, 0.4) is 0 Å². The van der Waals surface area contributed by atoms with Gasteiger partial charge in [0.15, 0.2) is 0 Å². The van der Waals surface area contributed by atoms with E-state index in [9.17, 15) is 0 Å². The van der Waals surface area contributed by atoms with Gasteiger partial charge < -0.3 is 9.47 Å². The molecule has 0 bridgehead atoms. The molecule has 2 aromatic rings. The Morgan fingerprint density at radius 3 is 1.23 bits per heavy atom. The largest absolute Gasteiger partial charge is 0.490 e. The van der Waals surface area contributed by atoms with E-state index in [-0.39, 0.29) is 11.1 Å². The van der Waals surface area contributed by atoms with E-state index in [4.69, 9.17) is 30.5 Å². The number of benzene rings is 2. The second-order valence-electron chi connectivity index (χ2n) is 5.79. The number of nitrogens with zero attached hydrogens (tertiary/aromatic N) is 4. The molecule has 0 heterocycles. The fourth-order valence-corrected chi connectivity index (χ4v) is 2.26. The zero-order chi connectivity index (χ0) is 21.6. The molecular formula is C24H16N4O2. The highest BCUT2D eigenvalue weighted by Crippen LogP contribution is 2.15. The molecule has 0 N–H and O–H groups in total. The number of hydrogen-bond acceptors (Lipinski definition) is 6. The fourth-order valence-electron chi connectivity index (χ4n) is 2.26. The first-order valence-electron chi connectivity index (χ1n) is 8.83. The van der Waals surface area contributed by atoms with Gasteiger partial charge in [-0.25, -0.2) is 0 Å². The number of allylic oxidation sites excluding steroid dienone is 2. The smallest absolute Gasteiger partial charge is 0.130 e. The Labute approximate surface area is 175 Å². The summed E-state index contributed by atoms with van der Waals surface area (Å²) in [7, 11) is 0. The minimum atomic E-state index is 0.0480. The quantitative estimate of drug-likeness (QED) is 0.480. The molecule has 0 amide bonds. The van der Waals surface area contributed by atoms with Gasteiger partial charge in [-0.1, -0.05) is 24.3 Å². The molecule has 0 aliphatic heterocycles. The van der Waals surface area contributed by atoms with Gasteiger partial charge in [-0.15, -0.1) is 0 Å². The van der Waals surface area contributed by atoms with E-state index < -0.39 is 0 Å². The topological polar surface area (TPSA) is 114 Å². The van der Waals surface area contributed by atoms with Crippen molar-refractivity contribution in [1.29, 1.82) is 21.0 Å². The highest BCUT2D eigenvalue weighted by atomic mass is 16.5. The van der Waals surface area contributed by atoms with Crippen molar-refractivity contribution in [2.24, 2.45) is 0 Å². The Balaban J connectivity index is 1.76. The van der Waals surface area contributed by atoms with Crippen LogP contribution < -0.4 is 9.47 Å². The molecule has 30 heavy (non-hydrogen) atoms. The van der Waals surface area contributed by atoms with E-state index in [0.29, 0.717) is 24.7 Å². The van der Waals surface area contributed by atoms with Crippen molar-refractivity contribution >= 4 is 12.2 Å². The number of rotatable bonds is 8. The first-order valence-corrected chi connectivity index (χ1v) is 8.83. The van der Waals surface area contributed by atoms with Crippen molar-refractivity contribution in [3.63, 3.8) is 0 Å². The van der Waals surface area contributed by atoms with Crippen molar-refractivity contribution in [2.45, 2.75) is 0 Å². The normalized spacial score (nSPS) is 9.33. The van der Waals surface area contributed by atoms with Gasteiger partial charge in [-0.05, 0) is 59.7 Å². The van der Waals surface area contributed by atoms with Crippen LogP contribution in [0.15, 0.2) is 71.8 Å². The zero-order valence-electron chi connectivity index (χ0n) is 15.9. The molecule has 0 fully saturated rings. The van der Waals surface area contributed by atoms with Gasteiger partial charge >= 0.3 is 0 Å². The first kappa shape index (κ1) is 21.5. The van der Waals surface area contributed by atoms with Crippen LogP contribution in [0.5, 0.6) is 11.5 Å². The van der Waals surface area contributed by atoms with Gasteiger partial charge in [-0.3, -0.25) is 0 Å². The zero-order valence-corrected chi connectivity index (χ0v) is 15.9. The summed E-state index contributed by atoms with van der Waals surface area (Å²) in [5, 5.41) is 35.0. The third-order valence-corrected chi connectivity index (χ3v) is 3.72. The van der Waals surface area contributed by atoms with Crippen LogP contribution >= 0.6 is 0 Å². The molecule has 2 aromatic carbocycles. The molecule has 0 atom stereocenters. The summed E-state index contributed by atoms with van der Waals surface area (Å²) in [5.74, 6) is 1.34. The molecule has 0 saturated carbocycles. The maximum atomic E-state index is 8.76. The van der Waals surface area contributed by atoms with Gasteiger partial charge in [0, 0.05) is 0 Å². The third-order valence-electron chi connectivity index (χ3n) is 3.72. The molecule has 0 aliphatic carbocycles. The van der Waals surface area contributed by atoms with E-state index in [1.54, 1.807) is 48.5 Å². The molecule has 0 aromatic heterocycles. The summed E-state index contributed by atoms with van der Waals surface area (Å²) in [5.41, 5.74) is 1.60. The van der Waals surface area contributed by atoms with Gasteiger partial charge in [0.05, 0.1) is 0 Å². The highest BCUT2D eigenvalue weighted by Gasteiger charge is 1.97. The summed E-state index contributed by atoms with van der Waals surface area (Å²) in [6.07, 6.45) is 6.69. The molecule has 2 rings (SSSR count). The Morgan fingerprint density at radius 1 is 0.600 bits per heavy atom. The lowest BCUT2D eigenvalue weighted by Gasteiger charge is -2.05. The lowest BCUT2D eigenvalue weighted by molar-refractivity contribution is 0.350. The van der Waals surface area contributed by atoms with Gasteiger partial charge in [0.25, 0.3) is 0 Å². The second-order valence-corrected chi connectivity index (χ2v) is 5.79. The van der Waals surface area contributed by atoms with E-state index in [1.807, 2.05) is 36.4 Å². The molecule has 0 radical (unpaired) electrons. The van der Waals surface area contributed by atoms with Gasteiger partial charge in [0.2, 0.25) is 0 Å². The maximum Gasteiger partial charge on any atom is 0.130 e. The molecule has 6 nitrogen and oxygen atoms in total. The van der Waals surface area contributed by atoms with Crippen LogP contribution in [0, 0.1) is 45.3 Å². The summed E-state index contributed by atoms with van der Waals surface area (Å²) in [6, 6.07) is 21.4. The van der Waals surface area contributed by atoms with Crippen molar-refractivity contribution in [2.75, 3.05) is 13.2 Å². The standard InChI is InChI=1S/C24H16N4O2/c25-15-21(16-26)13-19-3-7-23(8-4-19)29-11-1-2-12-30-24-9-5-20(6-10-24)14-22(17-27)18-28/h1-10,13-14H,11-12H2/b2-1+. The van der Waals surface area contributed by atoms with Crippen molar-refractivity contribution < 1.29 is 9.47 Å². The van der Waals surface area contributed by atoms with Crippen molar-refractivity contribution in [3.8, 4) is 35.8 Å². The van der Waals surface area contributed by atoms with E-state index in [1.165, 1.54) is 12.2 Å². The predicted octanol–water partition coefficient (Wildman–Crippen LogP) is 4.56. The molecule has 6 heteroatoms. The number of nitriles is 4. The minimum Gasteiger partial charge on any atom is -0.490 e. The lowest BCUT2D eigenvalue weighted by Crippen LogP contribution is -1.96. The average molecular weight is 392 g/mol. The van der Waals surface area contributed by atoms with Crippen LogP contribution in [0.1, 0.15) is 11.1 Å². The molecule has 0 unspecified atom stereocenters. The van der Waals surface area contributed by atoms with Crippen LogP contribution in [0.2, 0.25) is 0 Å². The SMILES string of the molecule is N#CC(C#N)=Cc1ccc(OC/C=C/COc2ccc(C=C(C#N)C#N)cc2)cc1. The van der Waals surface area contributed by atoms with E-state index >= 15 is 0 Å². The Kier molecular flexibility index (Phi) is 8.49. The maximum absolute atomic E-state index is 8.76. The Bertz CT molecular complexity index is 991. The average Bonchev–Trinajstić information content (AvgIpc) is 2.79. The van der Waals surface area contributed by atoms with E-state index in [0.717, 1.165) is 11.1 Å².